The second-order valence-corrected chi connectivity index (χ2v) is 3.66. The molecule has 0 atom stereocenters. The number of aryl methyl sites for hydroxylation is 1. The smallest absolute Gasteiger partial charge is 0.301 e. The van der Waals surface area contributed by atoms with Crippen LogP contribution >= 0.6 is 0 Å². The van der Waals surface area contributed by atoms with E-state index in [1.165, 1.54) is 4.63 Å². The predicted octanol–water partition coefficient (Wildman–Crippen LogP) is 0.490. The second kappa shape index (κ2) is 3.51. The van der Waals surface area contributed by atoms with E-state index in [1.54, 1.807) is 17.9 Å². The van der Waals surface area contributed by atoms with E-state index in [9.17, 15) is 4.79 Å². The van der Waals surface area contributed by atoms with E-state index in [0.29, 0.717) is 11.5 Å². The number of aromatic nitrogens is 5. The van der Waals surface area contributed by atoms with Gasteiger partial charge in [-0.1, -0.05) is 30.3 Å². The first-order valence-electron chi connectivity index (χ1n) is 5.10. The monoisotopic (exact) mass is 227 g/mol. The van der Waals surface area contributed by atoms with E-state index in [0.717, 1.165) is 5.56 Å². The molecule has 2 heterocycles. The van der Waals surface area contributed by atoms with Gasteiger partial charge in [0.05, 0.1) is 0 Å². The summed E-state index contributed by atoms with van der Waals surface area (Å²) < 4.78 is 2.99. The van der Waals surface area contributed by atoms with Gasteiger partial charge in [0.2, 0.25) is 0 Å². The summed E-state index contributed by atoms with van der Waals surface area (Å²) in [5.41, 5.74) is 0.701. The van der Waals surface area contributed by atoms with E-state index in [1.807, 2.05) is 30.3 Å². The largest absolute Gasteiger partial charge is 0.301 e. The summed E-state index contributed by atoms with van der Waals surface area (Å²) >= 11 is 0. The Labute approximate surface area is 96.2 Å². The van der Waals surface area contributed by atoms with E-state index >= 15 is 0 Å². The van der Waals surface area contributed by atoms with Crippen molar-refractivity contribution in [2.75, 3.05) is 0 Å². The molecular formula is C11H9N5O. The van der Waals surface area contributed by atoms with E-state index < -0.39 is 0 Å². The topological polar surface area (TPSA) is 65.1 Å². The van der Waals surface area contributed by atoms with Gasteiger partial charge < -0.3 is 4.57 Å². The molecule has 84 valence electrons. The fraction of sp³-hybridized carbons (Fsp3) is 0.0909. The highest BCUT2D eigenvalue weighted by atomic mass is 16.1. The van der Waals surface area contributed by atoms with Crippen LogP contribution in [0.5, 0.6) is 0 Å². The molecule has 0 aliphatic heterocycles. The van der Waals surface area contributed by atoms with Crippen LogP contribution < -0.4 is 5.56 Å². The van der Waals surface area contributed by atoms with Crippen molar-refractivity contribution in [3.63, 3.8) is 0 Å². The van der Waals surface area contributed by atoms with Gasteiger partial charge in [0.15, 0.2) is 5.69 Å². The Hall–Kier alpha value is -2.50. The molecule has 0 fully saturated rings. The minimum atomic E-state index is -0.347. The minimum absolute atomic E-state index is 0.307. The zero-order chi connectivity index (χ0) is 11.8. The Kier molecular flexibility index (Phi) is 2.01. The number of hydrogen-bond donors (Lipinski definition) is 0. The second-order valence-electron chi connectivity index (χ2n) is 3.66. The third-order valence-corrected chi connectivity index (χ3v) is 2.47. The first-order chi connectivity index (χ1) is 8.25. The Morgan fingerprint density at radius 2 is 1.94 bits per heavy atom. The van der Waals surface area contributed by atoms with Crippen LogP contribution in [0.25, 0.3) is 17.0 Å². The van der Waals surface area contributed by atoms with E-state index in [-0.39, 0.29) is 5.56 Å². The maximum Gasteiger partial charge on any atom is 0.301 e. The summed E-state index contributed by atoms with van der Waals surface area (Å²) in [6.45, 7) is 0. The van der Waals surface area contributed by atoms with Gasteiger partial charge in [0, 0.05) is 12.6 Å². The van der Waals surface area contributed by atoms with Crippen molar-refractivity contribution in [1.29, 1.82) is 0 Å². The summed E-state index contributed by atoms with van der Waals surface area (Å²) in [6, 6.07) is 9.23. The van der Waals surface area contributed by atoms with Crippen molar-refractivity contribution < 1.29 is 0 Å². The summed E-state index contributed by atoms with van der Waals surface area (Å²) in [5.74, 6) is 0.426. The molecule has 0 saturated carbocycles. The molecule has 0 spiro atoms. The van der Waals surface area contributed by atoms with Crippen LogP contribution in [-0.4, -0.2) is 24.4 Å². The van der Waals surface area contributed by atoms with Gasteiger partial charge in [-0.2, -0.15) is 4.98 Å². The molecule has 0 N–H and O–H groups in total. The molecule has 2 aromatic heterocycles. The lowest BCUT2D eigenvalue weighted by atomic mass is 10.2. The average molecular weight is 227 g/mol. The molecule has 0 radical (unpaired) electrons. The number of benzene rings is 1. The Bertz CT molecular complexity index is 728. The first kappa shape index (κ1) is 9.71. The molecule has 0 aliphatic carbocycles. The van der Waals surface area contributed by atoms with Crippen molar-refractivity contribution in [2.45, 2.75) is 0 Å². The van der Waals surface area contributed by atoms with Crippen molar-refractivity contribution >= 4 is 5.78 Å². The molecule has 17 heavy (non-hydrogen) atoms. The van der Waals surface area contributed by atoms with Crippen LogP contribution in [0.1, 0.15) is 0 Å². The number of nitrogens with zero attached hydrogens (tertiary/aromatic N) is 5. The normalized spacial score (nSPS) is 10.9. The Balaban J connectivity index is 2.31. The summed E-state index contributed by atoms with van der Waals surface area (Å²) in [7, 11) is 1.76. The molecule has 1 aromatic carbocycles. The van der Waals surface area contributed by atoms with Crippen LogP contribution in [0.2, 0.25) is 0 Å². The molecule has 0 bridgehead atoms. The van der Waals surface area contributed by atoms with Gasteiger partial charge in [0.25, 0.3) is 5.78 Å². The van der Waals surface area contributed by atoms with Gasteiger partial charge in [-0.05, 0) is 0 Å². The van der Waals surface area contributed by atoms with Crippen molar-refractivity contribution in [3.8, 4) is 11.3 Å². The number of hydrogen-bond acceptors (Lipinski definition) is 4. The van der Waals surface area contributed by atoms with Crippen LogP contribution in [0, 0.1) is 0 Å². The van der Waals surface area contributed by atoms with Gasteiger partial charge in [-0.15, -0.1) is 14.8 Å². The molecule has 3 aromatic rings. The van der Waals surface area contributed by atoms with Crippen LogP contribution in [0.4, 0.5) is 0 Å². The van der Waals surface area contributed by atoms with E-state index in [4.69, 9.17) is 0 Å². The van der Waals surface area contributed by atoms with Gasteiger partial charge in [-0.25, -0.2) is 0 Å². The van der Waals surface area contributed by atoms with Gasteiger partial charge in [-0.3, -0.25) is 4.79 Å². The lowest BCUT2D eigenvalue weighted by molar-refractivity contribution is 0.776. The molecule has 6 nitrogen and oxygen atoms in total. The van der Waals surface area contributed by atoms with Crippen molar-refractivity contribution in [3.05, 3.63) is 47.0 Å². The molecule has 0 aliphatic rings. The molecule has 6 heteroatoms. The highest BCUT2D eigenvalue weighted by Gasteiger charge is 2.09. The molecule has 0 amide bonds. The van der Waals surface area contributed by atoms with E-state index in [2.05, 4.69) is 15.2 Å². The maximum atomic E-state index is 11.9. The lowest BCUT2D eigenvalue weighted by Gasteiger charge is -1.99. The Morgan fingerprint density at radius 3 is 2.71 bits per heavy atom. The molecule has 3 rings (SSSR count). The lowest BCUT2D eigenvalue weighted by Crippen LogP contribution is -2.16. The molecule has 0 unspecified atom stereocenters. The Morgan fingerprint density at radius 1 is 1.18 bits per heavy atom. The summed E-state index contributed by atoms with van der Waals surface area (Å²) in [6.07, 6.45) is 1.56. The van der Waals surface area contributed by atoms with Crippen LogP contribution in [-0.2, 0) is 7.05 Å². The SMILES string of the molecule is Cn1cnn2nc(-c3ccccc3)c(=O)nc12. The third kappa shape index (κ3) is 1.50. The maximum absolute atomic E-state index is 11.9. The average Bonchev–Trinajstić information content (AvgIpc) is 2.71. The van der Waals surface area contributed by atoms with Gasteiger partial charge in [0.1, 0.15) is 6.33 Å². The first-order valence-corrected chi connectivity index (χ1v) is 5.10. The quantitative estimate of drug-likeness (QED) is 0.607. The highest BCUT2D eigenvalue weighted by Crippen LogP contribution is 2.10. The van der Waals surface area contributed by atoms with Crippen LogP contribution in [0.15, 0.2) is 41.5 Å². The van der Waals surface area contributed by atoms with Crippen molar-refractivity contribution in [1.82, 2.24) is 24.4 Å². The zero-order valence-electron chi connectivity index (χ0n) is 9.11. The minimum Gasteiger partial charge on any atom is -0.301 e. The van der Waals surface area contributed by atoms with Gasteiger partial charge >= 0.3 is 5.56 Å². The highest BCUT2D eigenvalue weighted by molar-refractivity contribution is 5.57. The standard InChI is InChI=1S/C11H9N5O/c1-15-7-12-16-11(15)13-10(17)9(14-16)8-5-3-2-4-6-8/h2-7H,1H3. The zero-order valence-corrected chi connectivity index (χ0v) is 9.11. The molecule has 0 saturated heterocycles. The fourth-order valence-electron chi connectivity index (χ4n) is 1.62. The number of fused-ring (bicyclic) bond motifs is 1. The molecular weight excluding hydrogens is 218 g/mol. The fourth-order valence-corrected chi connectivity index (χ4v) is 1.62. The summed E-state index contributed by atoms with van der Waals surface area (Å²) in [4.78, 5) is 15.8. The number of rotatable bonds is 1. The third-order valence-electron chi connectivity index (χ3n) is 2.47. The predicted molar refractivity (Wildman–Crippen MR) is 61.5 cm³/mol. The van der Waals surface area contributed by atoms with Crippen molar-refractivity contribution in [2.24, 2.45) is 7.05 Å². The van der Waals surface area contributed by atoms with Crippen LogP contribution in [0.3, 0.4) is 0 Å². The summed E-state index contributed by atoms with van der Waals surface area (Å²) in [5, 5.41) is 8.19.